The van der Waals surface area contributed by atoms with Crippen LogP contribution in [0.4, 0.5) is 0 Å². The van der Waals surface area contributed by atoms with Gasteiger partial charge < -0.3 is 14.6 Å². The molecule has 1 N–H and O–H groups in total. The van der Waals surface area contributed by atoms with Crippen LogP contribution in [0.2, 0.25) is 0 Å². The number of imidazole rings is 1. The second-order valence-corrected chi connectivity index (χ2v) is 8.74. The smallest absolute Gasteiger partial charge is 0.251 e. The molecule has 1 aromatic heterocycles. The Hall–Kier alpha value is -3.12. The largest absolute Gasteiger partial charge is 0.493 e. The lowest BCUT2D eigenvalue weighted by molar-refractivity contribution is 0.0949. The first-order chi connectivity index (χ1) is 15.5. The fourth-order valence-corrected chi connectivity index (χ4v) is 4.00. The van der Waals surface area contributed by atoms with Crippen molar-refractivity contribution in [1.29, 1.82) is 0 Å². The third-order valence-electron chi connectivity index (χ3n) is 5.36. The number of aryl methyl sites for hydroxylation is 3. The summed E-state index contributed by atoms with van der Waals surface area (Å²) in [5, 5.41) is 3.00. The van der Waals surface area contributed by atoms with Crippen molar-refractivity contribution < 1.29 is 9.53 Å². The Bertz CT molecular complexity index is 1230. The Morgan fingerprint density at radius 3 is 2.62 bits per heavy atom. The molecule has 4 rings (SSSR count). The number of ether oxygens (including phenoxy) is 1. The van der Waals surface area contributed by atoms with Crippen molar-refractivity contribution in [3.63, 3.8) is 0 Å². The molecule has 1 heterocycles. The average Bonchev–Trinajstić information content (AvgIpc) is 3.14. The highest BCUT2D eigenvalue weighted by molar-refractivity contribution is 9.10. The molecule has 0 unspecified atom stereocenters. The van der Waals surface area contributed by atoms with Gasteiger partial charge in [-0.3, -0.25) is 4.79 Å². The summed E-state index contributed by atoms with van der Waals surface area (Å²) in [7, 11) is 0. The number of rotatable bonds is 8. The molecule has 0 saturated carbocycles. The zero-order valence-corrected chi connectivity index (χ0v) is 19.9. The van der Waals surface area contributed by atoms with Gasteiger partial charge in [-0.2, -0.15) is 0 Å². The predicted octanol–water partition coefficient (Wildman–Crippen LogP) is 5.81. The van der Waals surface area contributed by atoms with Crippen LogP contribution in [0.15, 0.2) is 71.2 Å². The van der Waals surface area contributed by atoms with Gasteiger partial charge in [0.2, 0.25) is 0 Å². The van der Waals surface area contributed by atoms with Crippen LogP contribution in [-0.4, -0.2) is 22.1 Å². The second kappa shape index (κ2) is 10.0. The molecule has 0 radical (unpaired) electrons. The number of carbonyl (C=O) groups excluding carboxylic acids is 1. The normalized spacial score (nSPS) is 11.0. The minimum atomic E-state index is -0.116. The summed E-state index contributed by atoms with van der Waals surface area (Å²) < 4.78 is 9.11. The SMILES string of the molecule is Cc1ccc(OCCCn2c(CNC(=O)c3ccc(Br)cc3)nc3ccccc32)c(C)c1. The first-order valence-corrected chi connectivity index (χ1v) is 11.5. The molecule has 4 aromatic rings. The standard InChI is InChI=1S/C26H26BrN3O2/c1-18-8-13-24(19(2)16-18)32-15-5-14-30-23-7-4-3-6-22(23)29-25(30)17-28-26(31)20-9-11-21(27)12-10-20/h3-4,6-13,16H,5,14-15,17H2,1-2H3,(H,28,31). The van der Waals surface area contributed by atoms with E-state index >= 15 is 0 Å². The number of hydrogen-bond acceptors (Lipinski definition) is 3. The summed E-state index contributed by atoms with van der Waals surface area (Å²) in [6, 6.07) is 21.6. The molecule has 0 bridgehead atoms. The maximum absolute atomic E-state index is 12.5. The van der Waals surface area contributed by atoms with Gasteiger partial charge in [-0.05, 0) is 68.3 Å². The molecule has 0 aliphatic rings. The van der Waals surface area contributed by atoms with Gasteiger partial charge in [-0.15, -0.1) is 0 Å². The summed E-state index contributed by atoms with van der Waals surface area (Å²) in [6.45, 7) is 5.88. The van der Waals surface area contributed by atoms with E-state index in [0.29, 0.717) is 18.7 Å². The molecule has 3 aromatic carbocycles. The first-order valence-electron chi connectivity index (χ1n) is 10.7. The molecule has 0 aliphatic heterocycles. The zero-order valence-electron chi connectivity index (χ0n) is 18.3. The Kier molecular flexibility index (Phi) is 6.90. The second-order valence-electron chi connectivity index (χ2n) is 7.83. The number of nitrogens with one attached hydrogen (secondary N) is 1. The maximum atomic E-state index is 12.5. The van der Waals surface area contributed by atoms with Crippen LogP contribution in [0.25, 0.3) is 11.0 Å². The number of hydrogen-bond donors (Lipinski definition) is 1. The Labute approximate surface area is 196 Å². The fourth-order valence-electron chi connectivity index (χ4n) is 3.74. The molecular formula is C26H26BrN3O2. The minimum absolute atomic E-state index is 0.116. The quantitative estimate of drug-likeness (QED) is 0.316. The predicted molar refractivity (Wildman–Crippen MR) is 131 cm³/mol. The Morgan fingerprint density at radius 2 is 1.84 bits per heavy atom. The van der Waals surface area contributed by atoms with E-state index in [0.717, 1.165) is 45.6 Å². The summed E-state index contributed by atoms with van der Waals surface area (Å²) in [6.07, 6.45) is 0.835. The monoisotopic (exact) mass is 491 g/mol. The molecule has 0 saturated heterocycles. The van der Waals surface area contributed by atoms with E-state index < -0.39 is 0 Å². The van der Waals surface area contributed by atoms with Gasteiger partial charge in [0.1, 0.15) is 11.6 Å². The molecule has 0 fully saturated rings. The lowest BCUT2D eigenvalue weighted by atomic mass is 10.1. The lowest BCUT2D eigenvalue weighted by Crippen LogP contribution is -2.25. The number of nitrogens with zero attached hydrogens (tertiary/aromatic N) is 2. The van der Waals surface area contributed by atoms with Crippen molar-refractivity contribution in [2.24, 2.45) is 0 Å². The summed E-state index contributed by atoms with van der Waals surface area (Å²) in [5.74, 6) is 1.64. The van der Waals surface area contributed by atoms with Gasteiger partial charge in [0.15, 0.2) is 0 Å². The van der Waals surface area contributed by atoms with Crippen LogP contribution in [0.5, 0.6) is 5.75 Å². The van der Waals surface area contributed by atoms with Gasteiger partial charge in [0, 0.05) is 16.6 Å². The van der Waals surface area contributed by atoms with E-state index in [2.05, 4.69) is 57.9 Å². The molecule has 6 heteroatoms. The third-order valence-corrected chi connectivity index (χ3v) is 5.89. The highest BCUT2D eigenvalue weighted by Gasteiger charge is 2.12. The van der Waals surface area contributed by atoms with E-state index in [1.807, 2.05) is 36.4 Å². The lowest BCUT2D eigenvalue weighted by Gasteiger charge is -2.12. The van der Waals surface area contributed by atoms with Crippen LogP contribution in [0.3, 0.4) is 0 Å². The Morgan fingerprint density at radius 1 is 1.06 bits per heavy atom. The Balaban J connectivity index is 1.43. The number of fused-ring (bicyclic) bond motifs is 1. The van der Waals surface area contributed by atoms with E-state index in [1.165, 1.54) is 5.56 Å². The minimum Gasteiger partial charge on any atom is -0.493 e. The van der Waals surface area contributed by atoms with E-state index in [9.17, 15) is 4.79 Å². The van der Waals surface area contributed by atoms with Crippen molar-refractivity contribution >= 4 is 32.9 Å². The molecule has 0 aliphatic carbocycles. The molecule has 32 heavy (non-hydrogen) atoms. The number of benzene rings is 3. The van der Waals surface area contributed by atoms with Crippen LogP contribution in [0, 0.1) is 13.8 Å². The average molecular weight is 492 g/mol. The van der Waals surface area contributed by atoms with E-state index in [4.69, 9.17) is 9.72 Å². The van der Waals surface area contributed by atoms with Crippen LogP contribution >= 0.6 is 15.9 Å². The third kappa shape index (κ3) is 5.19. The summed E-state index contributed by atoms with van der Waals surface area (Å²) in [4.78, 5) is 17.3. The topological polar surface area (TPSA) is 56.1 Å². The van der Waals surface area contributed by atoms with Crippen LogP contribution in [-0.2, 0) is 13.1 Å². The molecule has 0 atom stereocenters. The fraction of sp³-hybridized carbons (Fsp3) is 0.231. The maximum Gasteiger partial charge on any atom is 0.251 e. The van der Waals surface area contributed by atoms with Crippen molar-refractivity contribution in [3.05, 3.63) is 93.7 Å². The zero-order chi connectivity index (χ0) is 22.5. The summed E-state index contributed by atoms with van der Waals surface area (Å²) in [5.41, 5.74) is 4.99. The number of carbonyl (C=O) groups is 1. The number of amides is 1. The van der Waals surface area contributed by atoms with Gasteiger partial charge in [-0.25, -0.2) is 4.98 Å². The highest BCUT2D eigenvalue weighted by atomic mass is 79.9. The van der Waals surface area contributed by atoms with Crippen LogP contribution in [0.1, 0.15) is 33.7 Å². The van der Waals surface area contributed by atoms with E-state index in [-0.39, 0.29) is 5.91 Å². The molecule has 5 nitrogen and oxygen atoms in total. The molecule has 1 amide bonds. The van der Waals surface area contributed by atoms with Gasteiger partial charge in [0.05, 0.1) is 24.2 Å². The first kappa shape index (κ1) is 22.1. The molecular weight excluding hydrogens is 466 g/mol. The van der Waals surface area contributed by atoms with Gasteiger partial charge in [0.25, 0.3) is 5.91 Å². The van der Waals surface area contributed by atoms with Crippen molar-refractivity contribution in [2.75, 3.05) is 6.61 Å². The number of aromatic nitrogens is 2. The van der Waals surface area contributed by atoms with Gasteiger partial charge in [-0.1, -0.05) is 45.8 Å². The van der Waals surface area contributed by atoms with E-state index in [1.54, 1.807) is 12.1 Å². The van der Waals surface area contributed by atoms with Crippen molar-refractivity contribution in [1.82, 2.24) is 14.9 Å². The number of halogens is 1. The molecule has 0 spiro atoms. The summed E-state index contributed by atoms with van der Waals surface area (Å²) >= 11 is 3.40. The highest BCUT2D eigenvalue weighted by Crippen LogP contribution is 2.20. The van der Waals surface area contributed by atoms with Crippen molar-refractivity contribution in [2.45, 2.75) is 33.4 Å². The van der Waals surface area contributed by atoms with Gasteiger partial charge >= 0.3 is 0 Å². The van der Waals surface area contributed by atoms with Crippen LogP contribution < -0.4 is 10.1 Å². The van der Waals surface area contributed by atoms with Crippen molar-refractivity contribution in [3.8, 4) is 5.75 Å². The number of para-hydroxylation sites is 2. The molecule has 164 valence electrons.